The van der Waals surface area contributed by atoms with Crippen LogP contribution in [0.3, 0.4) is 0 Å². The van der Waals surface area contributed by atoms with Gasteiger partial charge in [0.2, 0.25) is 0 Å². The number of aliphatic hydroxyl groups is 1. The first kappa shape index (κ1) is 16.8. The Labute approximate surface area is 105 Å². The molecule has 1 N–H and O–H groups in total. The zero-order valence-electron chi connectivity index (χ0n) is 11.3. The maximum Gasteiger partial charge on any atom is 0.157 e. The predicted octanol–water partition coefficient (Wildman–Crippen LogP) is 2.69. The molecule has 0 amide bonds. The Balaban J connectivity index is 2.94. The summed E-state index contributed by atoms with van der Waals surface area (Å²) in [4.78, 5) is 0. The molecule has 0 aromatic carbocycles. The Bertz CT molecular complexity index is 141. The summed E-state index contributed by atoms with van der Waals surface area (Å²) in [7, 11) is 1.61. The van der Waals surface area contributed by atoms with Gasteiger partial charge < -0.3 is 19.3 Å². The molecule has 0 aromatic heterocycles. The monoisotopic (exact) mass is 248 g/mol. The molecule has 1 unspecified atom stereocenters. The van der Waals surface area contributed by atoms with Crippen molar-refractivity contribution in [2.75, 3.05) is 27.1 Å². The third kappa shape index (κ3) is 13.8. The second-order valence-electron chi connectivity index (χ2n) is 4.19. The van der Waals surface area contributed by atoms with Gasteiger partial charge in [0.15, 0.2) is 6.29 Å². The number of ether oxygens (including phenoxy) is 3. The van der Waals surface area contributed by atoms with E-state index in [4.69, 9.17) is 19.3 Å². The summed E-state index contributed by atoms with van der Waals surface area (Å²) in [5.74, 6) is 0. The number of hydrogen-bond acceptors (Lipinski definition) is 4. The second kappa shape index (κ2) is 13.9. The molecule has 4 nitrogen and oxygen atoms in total. The van der Waals surface area contributed by atoms with Gasteiger partial charge in [-0.2, -0.15) is 0 Å². The summed E-state index contributed by atoms with van der Waals surface area (Å²) < 4.78 is 15.4. The van der Waals surface area contributed by atoms with Crippen LogP contribution >= 0.6 is 0 Å². The van der Waals surface area contributed by atoms with Crippen molar-refractivity contribution in [2.24, 2.45) is 0 Å². The average Bonchev–Trinajstić information content (AvgIpc) is 2.35. The normalized spacial score (nSPS) is 12.9. The van der Waals surface area contributed by atoms with Crippen LogP contribution in [0, 0.1) is 0 Å². The lowest BCUT2D eigenvalue weighted by Gasteiger charge is -2.10. The number of methoxy groups -OCH3 is 1. The highest BCUT2D eigenvalue weighted by molar-refractivity contribution is 4.45. The minimum atomic E-state index is -0.193. The van der Waals surface area contributed by atoms with Crippen molar-refractivity contribution < 1.29 is 19.3 Å². The third-order valence-corrected chi connectivity index (χ3v) is 2.66. The van der Waals surface area contributed by atoms with Crippen LogP contribution in [-0.2, 0) is 14.2 Å². The van der Waals surface area contributed by atoms with Crippen molar-refractivity contribution in [1.29, 1.82) is 0 Å². The molecule has 0 aliphatic carbocycles. The van der Waals surface area contributed by atoms with E-state index in [1.807, 2.05) is 6.92 Å². The van der Waals surface area contributed by atoms with E-state index in [1.165, 1.54) is 25.7 Å². The Morgan fingerprint density at radius 3 is 2.12 bits per heavy atom. The largest absolute Gasteiger partial charge is 0.396 e. The molecule has 0 saturated heterocycles. The fraction of sp³-hybridized carbons (Fsp3) is 1.00. The van der Waals surface area contributed by atoms with Crippen LogP contribution in [0.5, 0.6) is 0 Å². The number of hydrogen-bond donors (Lipinski definition) is 1. The smallest absolute Gasteiger partial charge is 0.157 e. The summed E-state index contributed by atoms with van der Waals surface area (Å²) in [5, 5.41) is 8.61. The molecular formula is C13H28O4. The zero-order valence-corrected chi connectivity index (χ0v) is 11.3. The van der Waals surface area contributed by atoms with Crippen LogP contribution in [0.4, 0.5) is 0 Å². The zero-order chi connectivity index (χ0) is 12.8. The van der Waals surface area contributed by atoms with Gasteiger partial charge in [-0.1, -0.05) is 32.1 Å². The van der Waals surface area contributed by atoms with Crippen LogP contribution in [0.1, 0.15) is 51.9 Å². The van der Waals surface area contributed by atoms with Gasteiger partial charge in [-0.05, 0) is 19.8 Å². The highest BCUT2D eigenvalue weighted by Crippen LogP contribution is 2.06. The Morgan fingerprint density at radius 1 is 0.941 bits per heavy atom. The SMILES string of the molecule is COC(C)OCOCCCCCCCCCO. The maximum atomic E-state index is 8.61. The molecule has 0 aromatic rings. The van der Waals surface area contributed by atoms with Gasteiger partial charge in [-0.25, -0.2) is 0 Å². The summed E-state index contributed by atoms with van der Waals surface area (Å²) in [6, 6.07) is 0. The van der Waals surface area contributed by atoms with Gasteiger partial charge in [0, 0.05) is 20.3 Å². The van der Waals surface area contributed by atoms with E-state index in [2.05, 4.69) is 0 Å². The van der Waals surface area contributed by atoms with Crippen molar-refractivity contribution in [3.8, 4) is 0 Å². The fourth-order valence-corrected chi connectivity index (χ4v) is 1.47. The number of rotatable bonds is 13. The lowest BCUT2D eigenvalue weighted by Crippen LogP contribution is -2.13. The first-order valence-corrected chi connectivity index (χ1v) is 6.64. The van der Waals surface area contributed by atoms with Crippen LogP contribution in [0.2, 0.25) is 0 Å². The third-order valence-electron chi connectivity index (χ3n) is 2.66. The number of aliphatic hydroxyl groups excluding tert-OH is 1. The lowest BCUT2D eigenvalue weighted by molar-refractivity contribution is -0.174. The molecule has 0 aliphatic heterocycles. The van der Waals surface area contributed by atoms with Gasteiger partial charge in [0.1, 0.15) is 6.79 Å². The van der Waals surface area contributed by atoms with E-state index in [1.54, 1.807) is 7.11 Å². The molecule has 0 saturated carbocycles. The van der Waals surface area contributed by atoms with Crippen LogP contribution in [-0.4, -0.2) is 38.5 Å². The minimum Gasteiger partial charge on any atom is -0.396 e. The van der Waals surface area contributed by atoms with Crippen molar-refractivity contribution >= 4 is 0 Å². The summed E-state index contributed by atoms with van der Waals surface area (Å²) in [6.07, 6.45) is 7.94. The second-order valence-corrected chi connectivity index (χ2v) is 4.19. The average molecular weight is 248 g/mol. The molecular weight excluding hydrogens is 220 g/mol. The first-order chi connectivity index (χ1) is 8.31. The molecule has 1 atom stereocenters. The molecule has 4 heteroatoms. The van der Waals surface area contributed by atoms with Gasteiger partial charge in [0.05, 0.1) is 0 Å². The van der Waals surface area contributed by atoms with Crippen molar-refractivity contribution in [3.63, 3.8) is 0 Å². The van der Waals surface area contributed by atoms with Gasteiger partial charge in [-0.3, -0.25) is 0 Å². The molecule has 0 radical (unpaired) electrons. The van der Waals surface area contributed by atoms with Crippen molar-refractivity contribution in [2.45, 2.75) is 58.2 Å². The van der Waals surface area contributed by atoms with Crippen molar-refractivity contribution in [3.05, 3.63) is 0 Å². The van der Waals surface area contributed by atoms with E-state index < -0.39 is 0 Å². The Hall–Kier alpha value is -0.160. The summed E-state index contributed by atoms with van der Waals surface area (Å²) in [6.45, 7) is 3.24. The van der Waals surface area contributed by atoms with Crippen LogP contribution in [0.15, 0.2) is 0 Å². The Kier molecular flexibility index (Phi) is 13.8. The minimum absolute atomic E-state index is 0.193. The van der Waals surface area contributed by atoms with Gasteiger partial charge in [-0.15, -0.1) is 0 Å². The topological polar surface area (TPSA) is 47.9 Å². The highest BCUT2D eigenvalue weighted by Gasteiger charge is 1.97. The summed E-state index contributed by atoms with van der Waals surface area (Å²) >= 11 is 0. The molecule has 17 heavy (non-hydrogen) atoms. The maximum absolute atomic E-state index is 8.61. The lowest BCUT2D eigenvalue weighted by atomic mass is 10.1. The fourth-order valence-electron chi connectivity index (χ4n) is 1.47. The van der Waals surface area contributed by atoms with Crippen molar-refractivity contribution in [1.82, 2.24) is 0 Å². The highest BCUT2D eigenvalue weighted by atomic mass is 16.7. The van der Waals surface area contributed by atoms with E-state index in [-0.39, 0.29) is 6.29 Å². The van der Waals surface area contributed by atoms with E-state index in [0.29, 0.717) is 13.4 Å². The molecule has 0 aliphatic rings. The quantitative estimate of drug-likeness (QED) is 0.402. The molecule has 0 heterocycles. The molecule has 0 bridgehead atoms. The first-order valence-electron chi connectivity index (χ1n) is 6.64. The Morgan fingerprint density at radius 2 is 1.53 bits per heavy atom. The standard InChI is InChI=1S/C13H28O4/c1-13(15-2)17-12-16-11-9-7-5-3-4-6-8-10-14/h13-14H,3-12H2,1-2H3. The van der Waals surface area contributed by atoms with Crippen LogP contribution in [0.25, 0.3) is 0 Å². The van der Waals surface area contributed by atoms with Gasteiger partial charge >= 0.3 is 0 Å². The van der Waals surface area contributed by atoms with E-state index in [9.17, 15) is 0 Å². The molecule has 0 rings (SSSR count). The van der Waals surface area contributed by atoms with E-state index in [0.717, 1.165) is 25.9 Å². The van der Waals surface area contributed by atoms with Gasteiger partial charge in [0.25, 0.3) is 0 Å². The molecule has 0 spiro atoms. The predicted molar refractivity (Wildman–Crippen MR) is 67.8 cm³/mol. The van der Waals surface area contributed by atoms with Crippen LogP contribution < -0.4 is 0 Å². The van der Waals surface area contributed by atoms with E-state index >= 15 is 0 Å². The number of unbranched alkanes of at least 4 members (excludes halogenated alkanes) is 6. The molecule has 0 fully saturated rings. The summed E-state index contributed by atoms with van der Waals surface area (Å²) in [5.41, 5.74) is 0. The molecule has 104 valence electrons.